The van der Waals surface area contributed by atoms with Crippen LogP contribution in [-0.2, 0) is 47.2 Å². The van der Waals surface area contributed by atoms with Crippen molar-refractivity contribution in [3.05, 3.63) is 31.5 Å². The van der Waals surface area contributed by atoms with Crippen molar-refractivity contribution in [1.29, 1.82) is 0 Å². The summed E-state index contributed by atoms with van der Waals surface area (Å²) in [7, 11) is 2.82. The molecule has 0 aromatic carbocycles. The average Bonchev–Trinajstić information content (AvgIpc) is 2.91. The zero-order valence-corrected chi connectivity index (χ0v) is 25.5. The van der Waals surface area contributed by atoms with Crippen LogP contribution in [0.25, 0.3) is 0 Å². The van der Waals surface area contributed by atoms with Gasteiger partial charge in [0.05, 0.1) is 25.6 Å². The van der Waals surface area contributed by atoms with E-state index >= 15 is 0 Å². The van der Waals surface area contributed by atoms with Crippen LogP contribution in [0.1, 0.15) is 80.6 Å². The van der Waals surface area contributed by atoms with E-state index in [1.165, 1.54) is 28.1 Å². The maximum atomic E-state index is 11.1. The van der Waals surface area contributed by atoms with Gasteiger partial charge in [-0.25, -0.2) is 0 Å². The van der Waals surface area contributed by atoms with Crippen molar-refractivity contribution >= 4 is 23.5 Å². The van der Waals surface area contributed by atoms with Gasteiger partial charge < -0.3 is 26.2 Å². The molecule has 0 saturated carbocycles. The van der Waals surface area contributed by atoms with Crippen molar-refractivity contribution in [3.63, 3.8) is 0 Å². The van der Waals surface area contributed by atoms with Crippen molar-refractivity contribution in [2.75, 3.05) is 40.4 Å². The number of carbonyl (C=O) groups excluding carboxylic acids is 4. The topological polar surface area (TPSA) is 93.2 Å². The van der Waals surface area contributed by atoms with E-state index in [0.717, 1.165) is 51.9 Å². The minimum atomic E-state index is -0.149. The predicted molar refractivity (Wildman–Crippen MR) is 151 cm³/mol. The van der Waals surface area contributed by atoms with E-state index in [-0.39, 0.29) is 49.5 Å². The fourth-order valence-electron chi connectivity index (χ4n) is 3.90. The van der Waals surface area contributed by atoms with Gasteiger partial charge in [-0.15, -0.1) is 0 Å². The van der Waals surface area contributed by atoms with E-state index in [4.69, 9.17) is 0 Å². The van der Waals surface area contributed by atoms with E-state index in [1.54, 1.807) is 6.92 Å². The fraction of sp³-hybridized carbons (Fsp3) is 0.690. The molecule has 2 fully saturated rings. The van der Waals surface area contributed by atoms with Gasteiger partial charge >= 0.3 is 11.9 Å². The summed E-state index contributed by atoms with van der Waals surface area (Å²) in [6.45, 7) is 22.8. The van der Waals surface area contributed by atoms with Crippen molar-refractivity contribution in [3.8, 4) is 0 Å². The first-order valence-electron chi connectivity index (χ1n) is 12.8. The number of rotatable bonds is 8. The van der Waals surface area contributed by atoms with Crippen molar-refractivity contribution in [2.24, 2.45) is 11.8 Å². The molecule has 2 saturated heterocycles. The third-order valence-electron chi connectivity index (χ3n) is 6.17. The van der Waals surface area contributed by atoms with Gasteiger partial charge in [0.15, 0.2) is 11.6 Å². The van der Waals surface area contributed by atoms with Crippen molar-refractivity contribution in [2.45, 2.75) is 80.6 Å². The zero-order valence-electron chi connectivity index (χ0n) is 24.1. The Morgan fingerprint density at radius 3 is 1.13 bits per heavy atom. The number of Topliss-reactive ketones (excluding diaryl/α,β-unsaturated/α-hetero) is 2. The summed E-state index contributed by atoms with van der Waals surface area (Å²) in [4.78, 5) is 48.5. The molecule has 0 N–H and O–H groups in total. The molecule has 9 heteroatoms. The molecule has 0 atom stereocenters. The molecular formula is C29H53N2O6V-. The smallest absolute Gasteiger partial charge is 0.305 e. The predicted octanol–water partition coefficient (Wildman–Crippen LogP) is 5.23. The second-order valence-electron chi connectivity index (χ2n) is 8.43. The Kier molecular flexibility index (Phi) is 28.6. The molecule has 0 aromatic rings. The second kappa shape index (κ2) is 25.2. The number of piperidine rings is 2. The largest absolute Gasteiger partial charge is 0.469 e. The van der Waals surface area contributed by atoms with Crippen LogP contribution in [-0.4, -0.2) is 73.7 Å². The van der Waals surface area contributed by atoms with Gasteiger partial charge in [0, 0.05) is 71.4 Å². The number of nitrogens with zero attached hydrogens (tertiary/aromatic N) is 2. The van der Waals surface area contributed by atoms with E-state index in [2.05, 4.69) is 29.6 Å². The Labute approximate surface area is 244 Å². The van der Waals surface area contributed by atoms with Gasteiger partial charge in [-0.3, -0.25) is 19.2 Å². The second-order valence-corrected chi connectivity index (χ2v) is 8.43. The molecule has 2 heterocycles. The normalized spacial score (nSPS) is 14.6. The molecular weight excluding hydrogens is 523 g/mol. The number of hydrogen-bond acceptors (Lipinski definition) is 8. The molecule has 8 nitrogen and oxygen atoms in total. The molecule has 0 aromatic heterocycles. The van der Waals surface area contributed by atoms with Crippen LogP contribution in [0.15, 0.2) is 24.6 Å². The van der Waals surface area contributed by atoms with E-state index < -0.39 is 0 Å². The number of allylic oxidation sites excluding steroid dienone is 2. The summed E-state index contributed by atoms with van der Waals surface area (Å²) in [5.41, 5.74) is 1.16. The minimum absolute atomic E-state index is 0. The monoisotopic (exact) mass is 576 g/mol. The van der Waals surface area contributed by atoms with Gasteiger partial charge in [0.1, 0.15) is 0 Å². The van der Waals surface area contributed by atoms with Crippen LogP contribution in [0.3, 0.4) is 0 Å². The minimum Gasteiger partial charge on any atom is -0.469 e. The van der Waals surface area contributed by atoms with Gasteiger partial charge in [0.25, 0.3) is 0 Å². The van der Waals surface area contributed by atoms with Gasteiger partial charge in [0.2, 0.25) is 0 Å². The molecule has 0 bridgehead atoms. The Balaban J connectivity index is -0.000000257. The first kappa shape index (κ1) is 43.0. The summed E-state index contributed by atoms with van der Waals surface area (Å²) in [6, 6.07) is 0. The first-order valence-corrected chi connectivity index (χ1v) is 12.8. The summed E-state index contributed by atoms with van der Waals surface area (Å²) < 4.78 is 9.28. The fourth-order valence-corrected chi connectivity index (χ4v) is 3.90. The summed E-state index contributed by atoms with van der Waals surface area (Å²) in [5.74, 6) is 0.498. The number of ether oxygens (including phenoxy) is 2. The van der Waals surface area contributed by atoms with Crippen molar-refractivity contribution < 1.29 is 47.2 Å². The third kappa shape index (κ3) is 17.5. The number of esters is 2. The van der Waals surface area contributed by atoms with Crippen LogP contribution in [0.4, 0.5) is 0 Å². The summed E-state index contributed by atoms with van der Waals surface area (Å²) in [6.07, 6.45) is 4.64. The molecule has 0 spiro atoms. The molecule has 2 aliphatic rings. The number of carbonyl (C=O) groups is 4. The SMILES string of the molecule is C.C=C(C(C)=O)N1CCC(CC(=O)OC)CC1.C=C(C(C)=O)N1CCC(CC(=O)OC)CC1.CC.[CH2-]C.[V]. The molecule has 0 amide bonds. The average molecular weight is 577 g/mol. The third-order valence-corrected chi connectivity index (χ3v) is 6.17. The molecule has 1 radical (unpaired) electrons. The quantitative estimate of drug-likeness (QED) is 0.220. The number of methoxy groups -OCH3 is 2. The van der Waals surface area contributed by atoms with Gasteiger partial charge in [-0.1, -0.05) is 34.4 Å². The Morgan fingerprint density at radius 1 is 0.711 bits per heavy atom. The maximum absolute atomic E-state index is 11.1. The van der Waals surface area contributed by atoms with Crippen LogP contribution in [0.2, 0.25) is 0 Å². The van der Waals surface area contributed by atoms with E-state index in [0.29, 0.717) is 36.1 Å². The Morgan fingerprint density at radius 2 is 0.947 bits per heavy atom. The van der Waals surface area contributed by atoms with Gasteiger partial charge in [-0.2, -0.15) is 6.92 Å². The molecule has 0 unspecified atom stereocenters. The number of hydrogen-bond donors (Lipinski definition) is 0. The molecule has 38 heavy (non-hydrogen) atoms. The Hall–Kier alpha value is -2.06. The van der Waals surface area contributed by atoms with Crippen molar-refractivity contribution in [1.82, 2.24) is 9.80 Å². The first-order chi connectivity index (χ1) is 17.1. The van der Waals surface area contributed by atoms with Crippen LogP contribution >= 0.6 is 0 Å². The standard InChI is InChI=1S/2C12H19NO3.C2H6.C2H5.CH4.V/c2*1-9(10(2)14)13-6-4-11(5-7-13)8-12(15)16-3;2*1-2;;/h2*11H,1,4-8H2,2-3H3;1-2H3;1H2,2H3;1H4;/q;;;-1;;. The molecule has 221 valence electrons. The molecule has 2 aliphatic heterocycles. The van der Waals surface area contributed by atoms with Gasteiger partial charge in [-0.05, 0) is 37.5 Å². The molecule has 0 aliphatic carbocycles. The van der Waals surface area contributed by atoms with Crippen LogP contribution < -0.4 is 0 Å². The Bertz CT molecular complexity index is 650. The summed E-state index contributed by atoms with van der Waals surface area (Å²) >= 11 is 0. The zero-order chi connectivity index (χ0) is 28.3. The van der Waals surface area contributed by atoms with Crippen LogP contribution in [0, 0.1) is 18.8 Å². The van der Waals surface area contributed by atoms with Crippen LogP contribution in [0.5, 0.6) is 0 Å². The number of likely N-dealkylation sites (tertiary alicyclic amines) is 2. The maximum Gasteiger partial charge on any atom is 0.305 e. The number of ketones is 2. The van der Waals surface area contributed by atoms with E-state index in [1.807, 2.05) is 23.6 Å². The van der Waals surface area contributed by atoms with E-state index in [9.17, 15) is 19.2 Å². The summed E-state index contributed by atoms with van der Waals surface area (Å²) in [5, 5.41) is 0. The molecule has 2 rings (SSSR count).